The second kappa shape index (κ2) is 8.20. The molecule has 0 spiro atoms. The summed E-state index contributed by atoms with van der Waals surface area (Å²) in [6, 6.07) is 0. The SMILES string of the molecule is CC(=O)CCCC(C)=CCCC(C)(O)CC(C)=O. The molecule has 1 atom stereocenters. The second-order valence-electron chi connectivity index (χ2n) is 5.52. The van der Waals surface area contributed by atoms with E-state index in [0.29, 0.717) is 12.8 Å². The van der Waals surface area contributed by atoms with Gasteiger partial charge in [0.2, 0.25) is 0 Å². The van der Waals surface area contributed by atoms with Crippen molar-refractivity contribution in [1.29, 1.82) is 0 Å². The maximum Gasteiger partial charge on any atom is 0.132 e. The zero-order chi connectivity index (χ0) is 14.2. The average Bonchev–Trinajstić information content (AvgIpc) is 2.14. The van der Waals surface area contributed by atoms with Gasteiger partial charge in [-0.2, -0.15) is 0 Å². The molecule has 3 nitrogen and oxygen atoms in total. The Bertz CT molecular complexity index is 314. The van der Waals surface area contributed by atoms with E-state index in [1.807, 2.05) is 6.92 Å². The minimum atomic E-state index is -0.901. The molecule has 0 aromatic carbocycles. The van der Waals surface area contributed by atoms with Crippen molar-refractivity contribution in [2.24, 2.45) is 0 Å². The van der Waals surface area contributed by atoms with Crippen molar-refractivity contribution in [3.63, 3.8) is 0 Å². The highest BCUT2D eigenvalue weighted by atomic mass is 16.3. The minimum absolute atomic E-state index is 0.0159. The summed E-state index contributed by atoms with van der Waals surface area (Å²) in [6.45, 7) is 6.85. The third kappa shape index (κ3) is 10.2. The van der Waals surface area contributed by atoms with E-state index in [1.54, 1.807) is 13.8 Å². The topological polar surface area (TPSA) is 54.4 Å². The summed E-state index contributed by atoms with van der Waals surface area (Å²) in [5.41, 5.74) is 0.344. The van der Waals surface area contributed by atoms with E-state index in [1.165, 1.54) is 12.5 Å². The van der Waals surface area contributed by atoms with Crippen molar-refractivity contribution in [2.45, 2.75) is 71.8 Å². The summed E-state index contributed by atoms with van der Waals surface area (Å²) >= 11 is 0. The normalized spacial score (nSPS) is 15.3. The molecule has 0 aromatic rings. The standard InChI is InChI=1S/C15H26O3/c1-12(7-5-9-13(2)16)8-6-10-15(4,18)11-14(3)17/h8,18H,5-7,9-11H2,1-4H3. The molecule has 104 valence electrons. The molecular weight excluding hydrogens is 228 g/mol. The van der Waals surface area contributed by atoms with Crippen LogP contribution in [0.15, 0.2) is 11.6 Å². The molecule has 0 aliphatic rings. The number of aliphatic hydroxyl groups is 1. The molecule has 1 unspecified atom stereocenters. The molecule has 3 heteroatoms. The third-order valence-electron chi connectivity index (χ3n) is 2.91. The van der Waals surface area contributed by atoms with Gasteiger partial charge in [-0.3, -0.25) is 4.79 Å². The van der Waals surface area contributed by atoms with Crippen LogP contribution in [0.3, 0.4) is 0 Å². The number of Topliss-reactive ketones (excluding diaryl/α,β-unsaturated/α-hetero) is 2. The Morgan fingerprint density at radius 3 is 2.22 bits per heavy atom. The molecule has 0 amide bonds. The van der Waals surface area contributed by atoms with Crippen LogP contribution in [-0.2, 0) is 9.59 Å². The second-order valence-corrected chi connectivity index (χ2v) is 5.52. The summed E-state index contributed by atoms with van der Waals surface area (Å²) in [4.78, 5) is 21.7. The van der Waals surface area contributed by atoms with Gasteiger partial charge in [-0.1, -0.05) is 11.6 Å². The highest BCUT2D eigenvalue weighted by Crippen LogP contribution is 2.18. The average molecular weight is 254 g/mol. The fourth-order valence-electron chi connectivity index (χ4n) is 1.97. The van der Waals surface area contributed by atoms with Gasteiger partial charge >= 0.3 is 0 Å². The van der Waals surface area contributed by atoms with E-state index in [4.69, 9.17) is 0 Å². The van der Waals surface area contributed by atoms with Gasteiger partial charge < -0.3 is 9.90 Å². The summed E-state index contributed by atoms with van der Waals surface area (Å²) < 4.78 is 0. The van der Waals surface area contributed by atoms with Crippen molar-refractivity contribution < 1.29 is 14.7 Å². The molecule has 18 heavy (non-hydrogen) atoms. The molecule has 1 N–H and O–H groups in total. The van der Waals surface area contributed by atoms with E-state index in [9.17, 15) is 14.7 Å². The molecule has 0 saturated heterocycles. The van der Waals surface area contributed by atoms with Crippen LogP contribution in [0, 0.1) is 0 Å². The predicted octanol–water partition coefficient (Wildman–Crippen LogP) is 3.20. The van der Waals surface area contributed by atoms with Crippen LogP contribution >= 0.6 is 0 Å². The quantitative estimate of drug-likeness (QED) is 0.643. The first-order chi connectivity index (χ1) is 8.23. The smallest absolute Gasteiger partial charge is 0.132 e. The van der Waals surface area contributed by atoms with Gasteiger partial charge in [0.1, 0.15) is 11.6 Å². The molecule has 0 aliphatic heterocycles. The Kier molecular flexibility index (Phi) is 7.76. The maximum atomic E-state index is 11.0. The summed E-state index contributed by atoms with van der Waals surface area (Å²) in [6.07, 6.45) is 6.12. The van der Waals surface area contributed by atoms with Crippen LogP contribution < -0.4 is 0 Å². The lowest BCUT2D eigenvalue weighted by Crippen LogP contribution is -2.26. The van der Waals surface area contributed by atoms with Gasteiger partial charge in [0.25, 0.3) is 0 Å². The molecule has 0 heterocycles. The van der Waals surface area contributed by atoms with Gasteiger partial charge in [0.05, 0.1) is 5.60 Å². The van der Waals surface area contributed by atoms with Gasteiger partial charge in [0.15, 0.2) is 0 Å². The highest BCUT2D eigenvalue weighted by Gasteiger charge is 2.21. The molecule has 0 rings (SSSR count). The number of carbonyl (C=O) groups is 2. The highest BCUT2D eigenvalue weighted by molar-refractivity contribution is 5.76. The van der Waals surface area contributed by atoms with E-state index in [-0.39, 0.29) is 18.0 Å². The fourth-order valence-corrected chi connectivity index (χ4v) is 1.97. The molecule has 0 fully saturated rings. The molecule has 0 aromatic heterocycles. The molecule has 0 aliphatic carbocycles. The zero-order valence-corrected chi connectivity index (χ0v) is 12.1. The number of hydrogen-bond acceptors (Lipinski definition) is 3. The van der Waals surface area contributed by atoms with Crippen molar-refractivity contribution in [1.82, 2.24) is 0 Å². The Morgan fingerprint density at radius 1 is 1.11 bits per heavy atom. The summed E-state index contributed by atoms with van der Waals surface area (Å²) in [5.74, 6) is 0.245. The van der Waals surface area contributed by atoms with Crippen molar-refractivity contribution in [2.75, 3.05) is 0 Å². The fraction of sp³-hybridized carbons (Fsp3) is 0.733. The Morgan fingerprint density at radius 2 is 1.72 bits per heavy atom. The zero-order valence-electron chi connectivity index (χ0n) is 12.1. The van der Waals surface area contributed by atoms with Crippen molar-refractivity contribution in [3.8, 4) is 0 Å². The van der Waals surface area contributed by atoms with E-state index in [0.717, 1.165) is 19.3 Å². The van der Waals surface area contributed by atoms with Crippen LogP contribution in [0.4, 0.5) is 0 Å². The number of carbonyl (C=O) groups excluding carboxylic acids is 2. The Hall–Kier alpha value is -0.960. The maximum absolute atomic E-state index is 11.0. The number of rotatable bonds is 9. The van der Waals surface area contributed by atoms with Gasteiger partial charge in [-0.15, -0.1) is 0 Å². The lowest BCUT2D eigenvalue weighted by Gasteiger charge is -2.20. The third-order valence-corrected chi connectivity index (χ3v) is 2.91. The van der Waals surface area contributed by atoms with E-state index >= 15 is 0 Å². The van der Waals surface area contributed by atoms with Crippen LogP contribution in [-0.4, -0.2) is 22.3 Å². The molecule has 0 saturated carbocycles. The van der Waals surface area contributed by atoms with E-state index < -0.39 is 5.60 Å². The first kappa shape index (κ1) is 17.0. The number of hydrogen-bond donors (Lipinski definition) is 1. The van der Waals surface area contributed by atoms with Crippen LogP contribution in [0.25, 0.3) is 0 Å². The van der Waals surface area contributed by atoms with Crippen LogP contribution in [0.5, 0.6) is 0 Å². The lowest BCUT2D eigenvalue weighted by molar-refractivity contribution is -0.121. The lowest BCUT2D eigenvalue weighted by atomic mass is 9.93. The summed E-state index contributed by atoms with van der Waals surface area (Å²) in [7, 11) is 0. The van der Waals surface area contributed by atoms with Crippen LogP contribution in [0.2, 0.25) is 0 Å². The monoisotopic (exact) mass is 254 g/mol. The predicted molar refractivity (Wildman–Crippen MR) is 73.4 cm³/mol. The van der Waals surface area contributed by atoms with E-state index in [2.05, 4.69) is 6.08 Å². The van der Waals surface area contributed by atoms with Crippen molar-refractivity contribution in [3.05, 3.63) is 11.6 Å². The Labute approximate surface area is 110 Å². The largest absolute Gasteiger partial charge is 0.390 e. The molecular formula is C15H26O3. The van der Waals surface area contributed by atoms with Gasteiger partial charge in [-0.25, -0.2) is 0 Å². The van der Waals surface area contributed by atoms with Gasteiger partial charge in [-0.05, 0) is 53.4 Å². The van der Waals surface area contributed by atoms with Crippen LogP contribution in [0.1, 0.15) is 66.2 Å². The van der Waals surface area contributed by atoms with Gasteiger partial charge in [0, 0.05) is 12.8 Å². The van der Waals surface area contributed by atoms with Crippen molar-refractivity contribution >= 4 is 11.6 Å². The summed E-state index contributed by atoms with van der Waals surface area (Å²) in [5, 5.41) is 9.95. The molecule has 0 radical (unpaired) electrons. The molecule has 0 bridgehead atoms. The Balaban J connectivity index is 3.92. The first-order valence-electron chi connectivity index (χ1n) is 6.60. The number of ketones is 2. The number of allylic oxidation sites excluding steroid dienone is 2. The first-order valence-corrected chi connectivity index (χ1v) is 6.60. The minimum Gasteiger partial charge on any atom is -0.390 e.